The van der Waals surface area contributed by atoms with Gasteiger partial charge in [-0.2, -0.15) is 12.6 Å². The molecule has 0 aliphatic carbocycles. The van der Waals surface area contributed by atoms with Gasteiger partial charge in [0.25, 0.3) is 5.97 Å². The van der Waals surface area contributed by atoms with Crippen LogP contribution in [0.2, 0.25) is 6.04 Å². The average molecular weight is 575 g/mol. The predicted octanol–water partition coefficient (Wildman–Crippen LogP) is 9.72. The smallest absolute Gasteiger partial charge is 0.292 e. The van der Waals surface area contributed by atoms with Crippen LogP contribution < -0.4 is 0 Å². The van der Waals surface area contributed by atoms with Crippen LogP contribution in [0.4, 0.5) is 0 Å². The first-order valence-electron chi connectivity index (χ1n) is 16.7. The van der Waals surface area contributed by atoms with Crippen molar-refractivity contribution in [1.82, 2.24) is 0 Å². The number of thiol groups is 1. The fourth-order valence-corrected chi connectivity index (χ4v) is 6.30. The fourth-order valence-electron chi connectivity index (χ4n) is 5.00. The third-order valence-corrected chi connectivity index (χ3v) is 8.97. The molecule has 0 aliphatic heterocycles. The highest BCUT2D eigenvalue weighted by molar-refractivity contribution is 7.80. The van der Waals surface area contributed by atoms with E-state index in [9.17, 15) is 4.79 Å². The molecule has 0 saturated heterocycles. The summed E-state index contributed by atoms with van der Waals surface area (Å²) in [7, 11) is -0.627. The van der Waals surface area contributed by atoms with E-state index >= 15 is 0 Å². The summed E-state index contributed by atoms with van der Waals surface area (Å²) in [6.45, 7) is 5.54. The van der Waals surface area contributed by atoms with Gasteiger partial charge in [0.2, 0.25) is 9.76 Å². The molecule has 0 aliphatic rings. The van der Waals surface area contributed by atoms with E-state index in [-0.39, 0.29) is 12.3 Å². The number of hydrogen-bond donors (Lipinski definition) is 1. The maximum atomic E-state index is 11.9. The van der Waals surface area contributed by atoms with Gasteiger partial charge in [-0.05, 0) is 51.3 Å². The molecular formula is C32H66O4SSi. The van der Waals surface area contributed by atoms with E-state index in [1.165, 1.54) is 135 Å². The SMILES string of the molecule is CCOC(CCCCCCCCCCCCCCCCC(=O)O[SiH2]CCCCCCCCCCS)OCC. The van der Waals surface area contributed by atoms with Crippen LogP contribution in [0.1, 0.15) is 168 Å². The molecule has 0 saturated carbocycles. The van der Waals surface area contributed by atoms with Gasteiger partial charge in [-0.1, -0.05) is 122 Å². The van der Waals surface area contributed by atoms with Gasteiger partial charge in [0.15, 0.2) is 6.29 Å². The van der Waals surface area contributed by atoms with Crippen LogP contribution in [0.5, 0.6) is 0 Å². The molecular weight excluding hydrogens is 509 g/mol. The predicted molar refractivity (Wildman–Crippen MR) is 171 cm³/mol. The largest absolute Gasteiger partial charge is 0.525 e. The third-order valence-electron chi connectivity index (χ3n) is 7.34. The zero-order chi connectivity index (χ0) is 27.8. The second-order valence-corrected chi connectivity index (χ2v) is 12.8. The lowest BCUT2D eigenvalue weighted by molar-refractivity contribution is -0.140. The molecule has 6 heteroatoms. The molecule has 228 valence electrons. The number of unbranched alkanes of at least 4 members (excludes halogenated alkanes) is 20. The van der Waals surface area contributed by atoms with Gasteiger partial charge in [-0.25, -0.2) is 0 Å². The lowest BCUT2D eigenvalue weighted by atomic mass is 10.0. The molecule has 0 N–H and O–H groups in total. The Kier molecular flexibility index (Phi) is 33.1. The van der Waals surface area contributed by atoms with Gasteiger partial charge in [-0.3, -0.25) is 4.79 Å². The molecule has 0 spiro atoms. The number of ether oxygens (including phenoxy) is 2. The molecule has 0 atom stereocenters. The zero-order valence-corrected chi connectivity index (χ0v) is 28.0. The summed E-state index contributed by atoms with van der Waals surface area (Å²) < 4.78 is 16.8. The first-order chi connectivity index (χ1) is 18.7. The van der Waals surface area contributed by atoms with Crippen molar-refractivity contribution in [1.29, 1.82) is 0 Å². The standard InChI is InChI=1S/C32H66O4SSi/c1-3-34-32(35-4-2)28-24-20-16-12-10-8-6-5-7-9-11-15-19-23-27-31(33)36-38-30-26-22-18-14-13-17-21-25-29-37/h32,37H,3-30,38H2,1-2H3. The molecule has 38 heavy (non-hydrogen) atoms. The summed E-state index contributed by atoms with van der Waals surface area (Å²) in [5.41, 5.74) is 0. The Hall–Kier alpha value is -0.0431. The second kappa shape index (κ2) is 33.2. The zero-order valence-electron chi connectivity index (χ0n) is 25.7. The fraction of sp³-hybridized carbons (Fsp3) is 0.969. The van der Waals surface area contributed by atoms with Gasteiger partial charge in [0.05, 0.1) is 0 Å². The van der Waals surface area contributed by atoms with Gasteiger partial charge < -0.3 is 13.9 Å². The Morgan fingerprint density at radius 3 is 1.42 bits per heavy atom. The van der Waals surface area contributed by atoms with Crippen molar-refractivity contribution in [3.8, 4) is 0 Å². The third kappa shape index (κ3) is 30.5. The molecule has 0 aromatic rings. The van der Waals surface area contributed by atoms with Crippen molar-refractivity contribution in [3.63, 3.8) is 0 Å². The van der Waals surface area contributed by atoms with Gasteiger partial charge in [-0.15, -0.1) is 0 Å². The normalized spacial score (nSPS) is 11.8. The minimum atomic E-state index is -0.627. The molecule has 0 radical (unpaired) electrons. The molecule has 0 bridgehead atoms. The average Bonchev–Trinajstić information content (AvgIpc) is 2.91. The first-order valence-corrected chi connectivity index (χ1v) is 18.9. The Labute approximate surface area is 245 Å². The van der Waals surface area contributed by atoms with Crippen LogP contribution in [0, 0.1) is 0 Å². The van der Waals surface area contributed by atoms with Gasteiger partial charge >= 0.3 is 0 Å². The number of carbonyl (C=O) groups excluding carboxylic acids is 1. The summed E-state index contributed by atoms with van der Waals surface area (Å²) in [6.07, 6.45) is 30.6. The molecule has 0 amide bonds. The van der Waals surface area contributed by atoms with Crippen molar-refractivity contribution in [2.75, 3.05) is 19.0 Å². The molecule has 0 aromatic carbocycles. The molecule has 0 fully saturated rings. The van der Waals surface area contributed by atoms with Gasteiger partial charge in [0.1, 0.15) is 0 Å². The van der Waals surface area contributed by atoms with Crippen LogP contribution in [-0.4, -0.2) is 41.0 Å². The number of rotatable bonds is 32. The monoisotopic (exact) mass is 574 g/mol. The highest BCUT2D eigenvalue weighted by Crippen LogP contribution is 2.15. The molecule has 0 aromatic heterocycles. The van der Waals surface area contributed by atoms with Crippen LogP contribution in [0.25, 0.3) is 0 Å². The van der Waals surface area contributed by atoms with Gasteiger partial charge in [0, 0.05) is 19.6 Å². The Morgan fingerprint density at radius 2 is 0.974 bits per heavy atom. The number of carbonyl (C=O) groups is 1. The summed E-state index contributed by atoms with van der Waals surface area (Å²) in [6, 6.07) is 1.16. The first kappa shape index (κ1) is 38.0. The van der Waals surface area contributed by atoms with Crippen LogP contribution in [-0.2, 0) is 18.7 Å². The summed E-state index contributed by atoms with van der Waals surface area (Å²) in [4.78, 5) is 11.9. The molecule has 0 heterocycles. The van der Waals surface area contributed by atoms with E-state index in [0.717, 1.165) is 37.9 Å². The quantitative estimate of drug-likeness (QED) is 0.0376. The van der Waals surface area contributed by atoms with E-state index in [1.807, 2.05) is 13.8 Å². The van der Waals surface area contributed by atoms with E-state index in [4.69, 9.17) is 13.9 Å². The summed E-state index contributed by atoms with van der Waals surface area (Å²) >= 11 is 4.26. The summed E-state index contributed by atoms with van der Waals surface area (Å²) in [5.74, 6) is 1.10. The Morgan fingerprint density at radius 1 is 0.579 bits per heavy atom. The van der Waals surface area contributed by atoms with E-state index < -0.39 is 9.76 Å². The number of hydrogen-bond acceptors (Lipinski definition) is 5. The highest BCUT2D eigenvalue weighted by Gasteiger charge is 2.07. The minimum absolute atomic E-state index is 0.00528. The van der Waals surface area contributed by atoms with E-state index in [2.05, 4.69) is 12.6 Å². The summed E-state index contributed by atoms with van der Waals surface area (Å²) in [5, 5.41) is 0. The van der Waals surface area contributed by atoms with Crippen molar-refractivity contribution in [2.24, 2.45) is 0 Å². The van der Waals surface area contributed by atoms with Crippen molar-refractivity contribution in [3.05, 3.63) is 0 Å². The molecule has 0 unspecified atom stereocenters. The van der Waals surface area contributed by atoms with Crippen molar-refractivity contribution >= 4 is 28.4 Å². The second-order valence-electron chi connectivity index (χ2n) is 11.0. The maximum Gasteiger partial charge on any atom is 0.292 e. The van der Waals surface area contributed by atoms with Crippen molar-refractivity contribution in [2.45, 2.75) is 180 Å². The van der Waals surface area contributed by atoms with Crippen LogP contribution in [0.15, 0.2) is 0 Å². The lowest BCUT2D eigenvalue weighted by Crippen LogP contribution is -2.17. The van der Waals surface area contributed by atoms with E-state index in [1.54, 1.807) is 0 Å². The molecule has 4 nitrogen and oxygen atoms in total. The molecule has 0 rings (SSSR count). The maximum absolute atomic E-state index is 11.9. The Bertz CT molecular complexity index is 461. The minimum Gasteiger partial charge on any atom is -0.525 e. The van der Waals surface area contributed by atoms with Crippen molar-refractivity contribution < 1.29 is 18.7 Å². The lowest BCUT2D eigenvalue weighted by Gasteiger charge is -2.16. The van der Waals surface area contributed by atoms with Crippen LogP contribution in [0.3, 0.4) is 0 Å². The van der Waals surface area contributed by atoms with Crippen LogP contribution >= 0.6 is 12.6 Å². The highest BCUT2D eigenvalue weighted by atomic mass is 32.1. The van der Waals surface area contributed by atoms with E-state index in [0.29, 0.717) is 6.42 Å². The Balaban J connectivity index is 3.22. The topological polar surface area (TPSA) is 44.8 Å².